The van der Waals surface area contributed by atoms with Crippen LogP contribution in [0.3, 0.4) is 0 Å². The van der Waals surface area contributed by atoms with Crippen LogP contribution in [0.4, 0.5) is 10.5 Å². The molecular formula is C29H23Cl3N2O5. The number of hydrogen-bond donors (Lipinski definition) is 1. The fourth-order valence-corrected chi connectivity index (χ4v) is 4.47. The van der Waals surface area contributed by atoms with Crippen molar-refractivity contribution in [1.29, 1.82) is 0 Å². The van der Waals surface area contributed by atoms with E-state index in [9.17, 15) is 14.4 Å². The van der Waals surface area contributed by atoms with Gasteiger partial charge in [-0.15, -0.1) is 6.58 Å². The van der Waals surface area contributed by atoms with E-state index in [1.807, 2.05) is 25.1 Å². The molecule has 0 aromatic heterocycles. The predicted molar refractivity (Wildman–Crippen MR) is 153 cm³/mol. The number of carbonyl (C=O) groups excluding carboxylic acids is 3. The second kappa shape index (κ2) is 12.4. The van der Waals surface area contributed by atoms with E-state index in [0.717, 1.165) is 16.0 Å². The van der Waals surface area contributed by atoms with E-state index in [0.29, 0.717) is 35.1 Å². The van der Waals surface area contributed by atoms with Crippen molar-refractivity contribution in [3.63, 3.8) is 0 Å². The van der Waals surface area contributed by atoms with Crippen molar-refractivity contribution in [2.45, 2.75) is 20.0 Å². The SMILES string of the molecule is C=CCc1cc(/C=C2\C(=O)NC(=O)N(c3ccc(Cl)c(Cl)c3)C2=O)cc(OCC)c1OCc1cccc(Cl)c1. The lowest BCUT2D eigenvalue weighted by Crippen LogP contribution is -2.54. The van der Waals surface area contributed by atoms with Crippen LogP contribution < -0.4 is 19.7 Å². The highest BCUT2D eigenvalue weighted by Gasteiger charge is 2.37. The Bertz CT molecular complexity index is 1500. The van der Waals surface area contributed by atoms with Gasteiger partial charge < -0.3 is 9.47 Å². The molecule has 0 unspecified atom stereocenters. The number of allylic oxidation sites excluding steroid dienone is 1. The van der Waals surface area contributed by atoms with E-state index in [4.69, 9.17) is 44.3 Å². The number of ether oxygens (including phenoxy) is 2. The lowest BCUT2D eigenvalue weighted by atomic mass is 10.0. The average Bonchev–Trinajstić information content (AvgIpc) is 2.88. The average molecular weight is 586 g/mol. The highest BCUT2D eigenvalue weighted by atomic mass is 35.5. The van der Waals surface area contributed by atoms with Crippen molar-refractivity contribution in [3.05, 3.63) is 105 Å². The first-order valence-electron chi connectivity index (χ1n) is 11.9. The summed E-state index contributed by atoms with van der Waals surface area (Å²) in [5.41, 5.74) is 2.01. The third-order valence-electron chi connectivity index (χ3n) is 5.66. The summed E-state index contributed by atoms with van der Waals surface area (Å²) in [5, 5.41) is 3.20. The standard InChI is InChI=1S/C29H23Cl3N2O5/c1-3-6-19-11-18(14-25(38-4-2)26(19)39-16-17-7-5-8-20(30)12-17)13-22-27(35)33-29(37)34(28(22)36)21-9-10-23(31)24(32)15-21/h3,5,7-15H,1,4,6,16H2,2H3,(H,33,35,37)/b22-13+. The van der Waals surface area contributed by atoms with Gasteiger partial charge in [0.1, 0.15) is 12.2 Å². The Balaban J connectivity index is 1.72. The second-order valence-electron chi connectivity index (χ2n) is 8.41. The number of benzene rings is 3. The van der Waals surface area contributed by atoms with Gasteiger partial charge in [0.15, 0.2) is 11.5 Å². The van der Waals surface area contributed by atoms with Crippen molar-refractivity contribution in [2.75, 3.05) is 11.5 Å². The van der Waals surface area contributed by atoms with Gasteiger partial charge in [0, 0.05) is 10.6 Å². The molecule has 3 aromatic carbocycles. The molecule has 1 fully saturated rings. The summed E-state index contributed by atoms with van der Waals surface area (Å²) in [6, 6.07) is 14.1. The highest BCUT2D eigenvalue weighted by Crippen LogP contribution is 2.36. The summed E-state index contributed by atoms with van der Waals surface area (Å²) in [6.07, 6.45) is 3.53. The first kappa shape index (κ1) is 28.2. The third kappa shape index (κ3) is 6.45. The second-order valence-corrected chi connectivity index (χ2v) is 9.66. The number of nitrogens with one attached hydrogen (secondary N) is 1. The van der Waals surface area contributed by atoms with Crippen molar-refractivity contribution < 1.29 is 23.9 Å². The molecule has 1 N–H and O–H groups in total. The number of hydrogen-bond acceptors (Lipinski definition) is 5. The first-order chi connectivity index (χ1) is 18.7. The van der Waals surface area contributed by atoms with Crippen LogP contribution in [0.15, 0.2) is 72.8 Å². The zero-order valence-electron chi connectivity index (χ0n) is 20.8. The molecule has 1 heterocycles. The lowest BCUT2D eigenvalue weighted by molar-refractivity contribution is -0.122. The van der Waals surface area contributed by atoms with Crippen LogP contribution in [0.1, 0.15) is 23.6 Å². The smallest absolute Gasteiger partial charge is 0.335 e. The Kier molecular flexibility index (Phi) is 8.97. The summed E-state index contributed by atoms with van der Waals surface area (Å²) in [7, 11) is 0. The van der Waals surface area contributed by atoms with Gasteiger partial charge in [-0.2, -0.15) is 0 Å². The summed E-state index contributed by atoms with van der Waals surface area (Å²) in [4.78, 5) is 39.4. The van der Waals surface area contributed by atoms with Crippen LogP contribution in [-0.2, 0) is 22.6 Å². The maximum Gasteiger partial charge on any atom is 0.335 e. The van der Waals surface area contributed by atoms with Gasteiger partial charge >= 0.3 is 6.03 Å². The molecule has 0 radical (unpaired) electrons. The maximum atomic E-state index is 13.3. The minimum absolute atomic E-state index is 0.154. The Morgan fingerprint density at radius 1 is 0.974 bits per heavy atom. The largest absolute Gasteiger partial charge is 0.490 e. The molecular weight excluding hydrogens is 563 g/mol. The normalized spacial score (nSPS) is 14.4. The van der Waals surface area contributed by atoms with E-state index >= 15 is 0 Å². The molecule has 1 aliphatic rings. The van der Waals surface area contributed by atoms with Crippen LogP contribution in [0.5, 0.6) is 11.5 Å². The van der Waals surface area contributed by atoms with E-state index in [1.54, 1.807) is 24.3 Å². The molecule has 1 saturated heterocycles. The molecule has 200 valence electrons. The highest BCUT2D eigenvalue weighted by molar-refractivity contribution is 6.43. The number of nitrogens with zero attached hydrogens (tertiary/aromatic N) is 1. The minimum atomic E-state index is -0.896. The number of carbonyl (C=O) groups is 3. The number of amides is 4. The van der Waals surface area contributed by atoms with Crippen LogP contribution in [-0.4, -0.2) is 24.5 Å². The summed E-state index contributed by atoms with van der Waals surface area (Å²) in [6.45, 7) is 6.25. The summed E-state index contributed by atoms with van der Waals surface area (Å²) >= 11 is 18.2. The number of imide groups is 2. The summed E-state index contributed by atoms with van der Waals surface area (Å²) < 4.78 is 12.0. The minimum Gasteiger partial charge on any atom is -0.490 e. The van der Waals surface area contributed by atoms with Crippen LogP contribution >= 0.6 is 34.8 Å². The van der Waals surface area contributed by atoms with Crippen LogP contribution in [0.25, 0.3) is 6.08 Å². The monoisotopic (exact) mass is 584 g/mol. The first-order valence-corrected chi connectivity index (χ1v) is 13.0. The number of rotatable bonds is 9. The molecule has 1 aliphatic heterocycles. The molecule has 39 heavy (non-hydrogen) atoms. The number of anilines is 1. The van der Waals surface area contributed by atoms with Gasteiger partial charge in [0.2, 0.25) is 0 Å². The topological polar surface area (TPSA) is 84.9 Å². The molecule has 4 rings (SSSR count). The molecule has 0 bridgehead atoms. The molecule has 10 heteroatoms. The molecule has 0 atom stereocenters. The molecule has 0 spiro atoms. The van der Waals surface area contributed by atoms with Gasteiger partial charge in [-0.05, 0) is 73.0 Å². The predicted octanol–water partition coefficient (Wildman–Crippen LogP) is 7.02. The van der Waals surface area contributed by atoms with Crippen molar-refractivity contribution in [1.82, 2.24) is 5.32 Å². The quantitative estimate of drug-likeness (QED) is 0.166. The number of halogens is 3. The molecule has 4 amide bonds. The van der Waals surface area contributed by atoms with Gasteiger partial charge in [-0.25, -0.2) is 9.69 Å². The van der Waals surface area contributed by atoms with Gasteiger partial charge in [0.05, 0.1) is 22.3 Å². The molecule has 3 aromatic rings. The van der Waals surface area contributed by atoms with Gasteiger partial charge in [0.25, 0.3) is 11.8 Å². The van der Waals surface area contributed by atoms with Crippen molar-refractivity contribution in [3.8, 4) is 11.5 Å². The Labute approximate surface area is 240 Å². The maximum absolute atomic E-state index is 13.3. The fourth-order valence-electron chi connectivity index (χ4n) is 3.97. The van der Waals surface area contributed by atoms with E-state index in [1.165, 1.54) is 24.3 Å². The van der Waals surface area contributed by atoms with E-state index in [-0.39, 0.29) is 27.9 Å². The van der Waals surface area contributed by atoms with Crippen molar-refractivity contribution in [2.24, 2.45) is 0 Å². The number of barbiturate groups is 1. The van der Waals surface area contributed by atoms with Crippen molar-refractivity contribution >= 4 is 64.4 Å². The summed E-state index contributed by atoms with van der Waals surface area (Å²) in [5.74, 6) is -0.713. The van der Waals surface area contributed by atoms with Crippen LogP contribution in [0.2, 0.25) is 15.1 Å². The molecule has 0 aliphatic carbocycles. The van der Waals surface area contributed by atoms with Crippen LogP contribution in [0, 0.1) is 0 Å². The Hall–Kier alpha value is -3.78. The fraction of sp³-hybridized carbons (Fsp3) is 0.138. The zero-order chi connectivity index (χ0) is 28.1. The lowest BCUT2D eigenvalue weighted by Gasteiger charge is -2.26. The van der Waals surface area contributed by atoms with E-state index in [2.05, 4.69) is 11.9 Å². The zero-order valence-corrected chi connectivity index (χ0v) is 23.1. The third-order valence-corrected chi connectivity index (χ3v) is 6.64. The Morgan fingerprint density at radius 3 is 2.46 bits per heavy atom. The molecule has 0 saturated carbocycles. The molecule has 7 nitrogen and oxygen atoms in total. The van der Waals surface area contributed by atoms with Gasteiger partial charge in [-0.3, -0.25) is 14.9 Å². The Morgan fingerprint density at radius 2 is 1.77 bits per heavy atom. The van der Waals surface area contributed by atoms with E-state index < -0.39 is 17.8 Å². The number of urea groups is 1. The van der Waals surface area contributed by atoms with Gasteiger partial charge in [-0.1, -0.05) is 53.0 Å².